The van der Waals surface area contributed by atoms with E-state index in [9.17, 15) is 9.18 Å². The largest absolute Gasteiger partial charge is 0.356 e. The summed E-state index contributed by atoms with van der Waals surface area (Å²) < 4.78 is 14.5. The van der Waals surface area contributed by atoms with Gasteiger partial charge in [0.05, 0.1) is 0 Å². The fraction of sp³-hybridized carbons (Fsp3) is 0.350. The Morgan fingerprint density at radius 1 is 1.10 bits per heavy atom. The maximum Gasteiger partial charge on any atom is 0.223 e. The van der Waals surface area contributed by atoms with Crippen molar-refractivity contribution in [1.29, 1.82) is 0 Å². The van der Waals surface area contributed by atoms with Crippen molar-refractivity contribution in [2.75, 3.05) is 24.5 Å². The van der Waals surface area contributed by atoms with Crippen LogP contribution in [0.5, 0.6) is 0 Å². The second-order valence-electron chi connectivity index (χ2n) is 7.00. The highest BCUT2D eigenvalue weighted by atomic mass is 19.1. The second-order valence-corrected chi connectivity index (χ2v) is 7.00. The van der Waals surface area contributed by atoms with E-state index in [1.807, 2.05) is 6.07 Å². The summed E-state index contributed by atoms with van der Waals surface area (Å²) in [5.41, 5.74) is 1.01. The van der Waals surface area contributed by atoms with Gasteiger partial charge >= 0.3 is 0 Å². The van der Waals surface area contributed by atoms with E-state index in [1.165, 1.54) is 24.8 Å². The first kappa shape index (κ1) is 19.0. The van der Waals surface area contributed by atoms with Crippen molar-refractivity contribution in [2.45, 2.75) is 19.3 Å². The lowest BCUT2D eigenvalue weighted by Gasteiger charge is -2.32. The molecule has 1 aromatic carbocycles. The van der Waals surface area contributed by atoms with Gasteiger partial charge < -0.3 is 10.2 Å². The second kappa shape index (κ2) is 8.76. The maximum atomic E-state index is 12.9. The highest BCUT2D eigenvalue weighted by molar-refractivity contribution is 5.79. The highest BCUT2D eigenvalue weighted by Crippen LogP contribution is 2.22. The van der Waals surface area contributed by atoms with E-state index in [0.29, 0.717) is 18.8 Å². The van der Waals surface area contributed by atoms with Crippen molar-refractivity contribution in [3.8, 4) is 5.82 Å². The molecule has 0 spiro atoms. The molecule has 0 radical (unpaired) electrons. The lowest BCUT2D eigenvalue weighted by atomic mass is 9.96. The van der Waals surface area contributed by atoms with Crippen molar-refractivity contribution in [3.05, 3.63) is 60.7 Å². The van der Waals surface area contributed by atoms with Crippen molar-refractivity contribution in [2.24, 2.45) is 5.92 Å². The number of halogens is 1. The maximum absolute atomic E-state index is 12.9. The molecule has 2 aromatic heterocycles. The molecule has 1 aliphatic heterocycles. The Hall–Kier alpha value is -3.36. The molecule has 1 saturated heterocycles. The number of hydrogen-bond acceptors (Lipinski definition) is 6. The Kier molecular flexibility index (Phi) is 5.73. The van der Waals surface area contributed by atoms with Crippen LogP contribution in [0.1, 0.15) is 18.4 Å². The molecular weight excluding hydrogens is 373 g/mol. The Morgan fingerprint density at radius 2 is 1.86 bits per heavy atom. The number of piperidine rings is 1. The van der Waals surface area contributed by atoms with Gasteiger partial charge in [0.2, 0.25) is 5.91 Å². The standard InChI is InChI=1S/C20H22FN7O/c21-17-3-1-15(2-4-17)5-8-23-20(29)16-6-9-27(10-7-16)18-11-19(25-13-24-18)28-14-22-12-26-28/h1-4,11-14,16H,5-10H2,(H,23,29). The van der Waals surface area contributed by atoms with Crippen molar-refractivity contribution < 1.29 is 9.18 Å². The SMILES string of the molecule is O=C(NCCc1ccc(F)cc1)C1CCN(c2cc(-n3cncn3)ncn2)CC1. The third-order valence-electron chi connectivity index (χ3n) is 5.11. The van der Waals surface area contributed by atoms with Crippen molar-refractivity contribution >= 4 is 11.7 Å². The summed E-state index contributed by atoms with van der Waals surface area (Å²) in [6.45, 7) is 2.06. The molecule has 4 rings (SSSR count). The number of hydrogen-bond donors (Lipinski definition) is 1. The number of carbonyl (C=O) groups is 1. The summed E-state index contributed by atoms with van der Waals surface area (Å²) in [4.78, 5) is 27.1. The third-order valence-corrected chi connectivity index (χ3v) is 5.11. The monoisotopic (exact) mass is 395 g/mol. The Labute approximate surface area is 167 Å². The first-order valence-corrected chi connectivity index (χ1v) is 9.63. The number of nitrogens with one attached hydrogen (secondary N) is 1. The summed E-state index contributed by atoms with van der Waals surface area (Å²) in [7, 11) is 0. The fourth-order valence-electron chi connectivity index (χ4n) is 3.46. The number of amides is 1. The van der Waals surface area contributed by atoms with Crippen LogP contribution in [-0.2, 0) is 11.2 Å². The van der Waals surface area contributed by atoms with Gasteiger partial charge in [0.1, 0.15) is 30.6 Å². The van der Waals surface area contributed by atoms with Crippen LogP contribution in [0.15, 0.2) is 49.3 Å². The molecule has 1 N–H and O–H groups in total. The summed E-state index contributed by atoms with van der Waals surface area (Å²) in [6, 6.07) is 8.24. The highest BCUT2D eigenvalue weighted by Gasteiger charge is 2.25. The molecular formula is C20H22FN7O. The van der Waals surface area contributed by atoms with Crippen LogP contribution in [0.4, 0.5) is 10.2 Å². The lowest BCUT2D eigenvalue weighted by Crippen LogP contribution is -2.41. The molecule has 150 valence electrons. The zero-order valence-electron chi connectivity index (χ0n) is 15.9. The molecule has 1 fully saturated rings. The topological polar surface area (TPSA) is 88.8 Å². The van der Waals surface area contributed by atoms with E-state index in [2.05, 4.69) is 30.3 Å². The molecule has 1 amide bonds. The van der Waals surface area contributed by atoms with Gasteiger partial charge in [0.25, 0.3) is 0 Å². The first-order chi connectivity index (χ1) is 14.2. The summed E-state index contributed by atoms with van der Waals surface area (Å²) in [5, 5.41) is 7.09. The molecule has 3 heterocycles. The number of aromatic nitrogens is 5. The van der Waals surface area contributed by atoms with Gasteiger partial charge in [-0.05, 0) is 37.0 Å². The van der Waals surface area contributed by atoms with Crippen LogP contribution < -0.4 is 10.2 Å². The van der Waals surface area contributed by atoms with Crippen LogP contribution in [0, 0.1) is 11.7 Å². The Bertz CT molecular complexity index is 938. The van der Waals surface area contributed by atoms with Crippen LogP contribution >= 0.6 is 0 Å². The van der Waals surface area contributed by atoms with Crippen LogP contribution in [0.3, 0.4) is 0 Å². The summed E-state index contributed by atoms with van der Waals surface area (Å²) >= 11 is 0. The molecule has 0 unspecified atom stereocenters. The normalized spacial score (nSPS) is 14.7. The molecule has 9 heteroatoms. The minimum atomic E-state index is -0.248. The van der Waals surface area contributed by atoms with Crippen molar-refractivity contribution in [3.63, 3.8) is 0 Å². The van der Waals surface area contributed by atoms with Crippen LogP contribution in [0.25, 0.3) is 5.82 Å². The Morgan fingerprint density at radius 3 is 2.59 bits per heavy atom. The van der Waals surface area contributed by atoms with Crippen LogP contribution in [-0.4, -0.2) is 50.3 Å². The minimum Gasteiger partial charge on any atom is -0.356 e. The van der Waals surface area contributed by atoms with E-state index < -0.39 is 0 Å². The molecule has 0 saturated carbocycles. The van der Waals surface area contributed by atoms with E-state index in [-0.39, 0.29) is 17.6 Å². The predicted octanol–water partition coefficient (Wildman–Crippen LogP) is 1.77. The van der Waals surface area contributed by atoms with Gasteiger partial charge in [0.15, 0.2) is 5.82 Å². The smallest absolute Gasteiger partial charge is 0.223 e. The van der Waals surface area contributed by atoms with E-state index in [1.54, 1.807) is 23.1 Å². The molecule has 0 aliphatic carbocycles. The fourth-order valence-corrected chi connectivity index (χ4v) is 3.46. The quantitative estimate of drug-likeness (QED) is 0.684. The zero-order chi connectivity index (χ0) is 20.1. The molecule has 0 bridgehead atoms. The van der Waals surface area contributed by atoms with Gasteiger partial charge in [-0.15, -0.1) is 0 Å². The number of nitrogens with zero attached hydrogens (tertiary/aromatic N) is 6. The number of rotatable bonds is 6. The lowest BCUT2D eigenvalue weighted by molar-refractivity contribution is -0.125. The van der Waals surface area contributed by atoms with Gasteiger partial charge in [0, 0.05) is 31.6 Å². The average molecular weight is 395 g/mol. The third kappa shape index (κ3) is 4.74. The van der Waals surface area contributed by atoms with E-state index >= 15 is 0 Å². The zero-order valence-corrected chi connectivity index (χ0v) is 15.9. The number of benzene rings is 1. The molecule has 8 nitrogen and oxygen atoms in total. The molecule has 0 atom stereocenters. The summed E-state index contributed by atoms with van der Waals surface area (Å²) in [6.07, 6.45) is 6.80. The molecule has 3 aromatic rings. The van der Waals surface area contributed by atoms with Gasteiger partial charge in [-0.25, -0.2) is 24.0 Å². The van der Waals surface area contributed by atoms with E-state index in [4.69, 9.17) is 0 Å². The van der Waals surface area contributed by atoms with E-state index in [0.717, 1.165) is 37.3 Å². The summed E-state index contributed by atoms with van der Waals surface area (Å²) in [5.74, 6) is 1.31. The average Bonchev–Trinajstić information content (AvgIpc) is 3.30. The molecule has 29 heavy (non-hydrogen) atoms. The first-order valence-electron chi connectivity index (χ1n) is 9.63. The predicted molar refractivity (Wildman–Crippen MR) is 105 cm³/mol. The Balaban J connectivity index is 1.26. The number of carbonyl (C=O) groups excluding carboxylic acids is 1. The van der Waals surface area contributed by atoms with Gasteiger partial charge in [-0.1, -0.05) is 12.1 Å². The molecule has 1 aliphatic rings. The minimum absolute atomic E-state index is 0.00362. The van der Waals surface area contributed by atoms with Crippen LogP contribution in [0.2, 0.25) is 0 Å². The van der Waals surface area contributed by atoms with Gasteiger partial charge in [-0.2, -0.15) is 5.10 Å². The van der Waals surface area contributed by atoms with Crippen molar-refractivity contribution in [1.82, 2.24) is 30.0 Å². The van der Waals surface area contributed by atoms with Gasteiger partial charge in [-0.3, -0.25) is 4.79 Å². The number of anilines is 1.